The number of carbonyl (C=O) groups excluding carboxylic acids is 3. The summed E-state index contributed by atoms with van der Waals surface area (Å²) < 4.78 is 27.9. The first-order valence-corrected chi connectivity index (χ1v) is 18.2. The molecule has 2 aromatic rings. The summed E-state index contributed by atoms with van der Waals surface area (Å²) in [4.78, 5) is 44.9. The Hall–Kier alpha value is -2.99. The third-order valence-corrected chi connectivity index (χ3v) is 12.2. The van der Waals surface area contributed by atoms with Crippen LogP contribution < -0.4 is 9.80 Å². The van der Waals surface area contributed by atoms with E-state index >= 15 is 4.11 Å². The highest BCUT2D eigenvalue weighted by Gasteiger charge is 2.67. The van der Waals surface area contributed by atoms with Crippen molar-refractivity contribution in [3.05, 3.63) is 58.6 Å². The maximum absolute atomic E-state index is 16.1. The molecule has 43 heavy (non-hydrogen) atoms. The molecule has 0 unspecified atom stereocenters. The zero-order valence-electron chi connectivity index (χ0n) is 24.6. The molecule has 4 aliphatic rings. The van der Waals surface area contributed by atoms with Crippen molar-refractivity contribution in [3.63, 3.8) is 0 Å². The smallest absolute Gasteiger partial charge is 0.414 e. The van der Waals surface area contributed by atoms with E-state index < -0.39 is 31.6 Å². The second-order valence-corrected chi connectivity index (χ2v) is 16.8. The number of nitrogens with zero attached hydrogens (tertiary/aromatic N) is 3. The second-order valence-electron chi connectivity index (χ2n) is 12.5. The predicted octanol–water partition coefficient (Wildman–Crippen LogP) is 4.99. The Morgan fingerprint density at radius 3 is 2.56 bits per heavy atom. The normalized spacial score (nSPS) is 28.7. The lowest BCUT2D eigenvalue weighted by Gasteiger charge is -2.31. The van der Waals surface area contributed by atoms with E-state index in [1.54, 1.807) is 46.0 Å². The number of hydrogen-bond donors (Lipinski definition) is 1. The van der Waals surface area contributed by atoms with Gasteiger partial charge in [0.2, 0.25) is 14.3 Å². The third-order valence-electron chi connectivity index (χ3n) is 9.56. The van der Waals surface area contributed by atoms with Crippen LogP contribution in [0.15, 0.2) is 42.5 Å². The highest BCUT2D eigenvalue weighted by Crippen LogP contribution is 2.60. The van der Waals surface area contributed by atoms with Gasteiger partial charge in [0.05, 0.1) is 44.0 Å². The summed E-state index contributed by atoms with van der Waals surface area (Å²) in [6.07, 6.45) is 0.281. The van der Waals surface area contributed by atoms with Crippen LogP contribution in [-0.4, -0.2) is 74.8 Å². The SMILES string of the molecule is C[C@@H]1[C@@H]([Si](C)(C)F)[C@H](CC(=O)N2CCC[C@H]2CO)O[C@@]12C(=O)N(Cc1ccc(N3CCOC3=O)cc1)c1ccc(Cl)cc12. The molecule has 0 aliphatic carbocycles. The topological polar surface area (TPSA) is 99.6 Å². The molecule has 9 nitrogen and oxygen atoms in total. The van der Waals surface area contributed by atoms with E-state index in [4.69, 9.17) is 21.1 Å². The lowest BCUT2D eigenvalue weighted by Crippen LogP contribution is -2.45. The quantitative estimate of drug-likeness (QED) is 0.342. The van der Waals surface area contributed by atoms with E-state index in [0.29, 0.717) is 41.7 Å². The average Bonchev–Trinajstić information content (AvgIpc) is 3.72. The number of aliphatic hydroxyl groups excluding tert-OH is 1. The van der Waals surface area contributed by atoms with Crippen molar-refractivity contribution in [3.8, 4) is 0 Å². The molecule has 12 heteroatoms. The summed E-state index contributed by atoms with van der Waals surface area (Å²) in [5.41, 5.74) is 0.649. The molecule has 1 spiro atoms. The van der Waals surface area contributed by atoms with Crippen LogP contribution in [0.25, 0.3) is 0 Å². The number of ether oxygens (including phenoxy) is 2. The van der Waals surface area contributed by atoms with Crippen molar-refractivity contribution in [2.75, 3.05) is 36.1 Å². The molecule has 0 bridgehead atoms. The molecule has 5 atom stereocenters. The van der Waals surface area contributed by atoms with Crippen LogP contribution in [0, 0.1) is 5.92 Å². The number of aliphatic hydroxyl groups is 1. The molecule has 6 rings (SSSR count). The molecule has 0 aromatic heterocycles. The van der Waals surface area contributed by atoms with Crippen molar-refractivity contribution in [2.24, 2.45) is 5.92 Å². The van der Waals surface area contributed by atoms with Gasteiger partial charge in [-0.15, -0.1) is 0 Å². The zero-order chi connectivity index (χ0) is 30.7. The van der Waals surface area contributed by atoms with E-state index in [1.807, 2.05) is 31.2 Å². The Balaban J connectivity index is 1.32. The average molecular weight is 630 g/mol. The monoisotopic (exact) mass is 629 g/mol. The first-order chi connectivity index (χ1) is 20.5. The van der Waals surface area contributed by atoms with Gasteiger partial charge in [0, 0.05) is 34.3 Å². The van der Waals surface area contributed by atoms with Gasteiger partial charge in [-0.3, -0.25) is 14.5 Å². The van der Waals surface area contributed by atoms with Crippen molar-refractivity contribution in [1.82, 2.24) is 4.90 Å². The number of fused-ring (bicyclic) bond motifs is 2. The molecule has 2 aromatic carbocycles. The minimum absolute atomic E-state index is 0.0584. The van der Waals surface area contributed by atoms with Gasteiger partial charge in [-0.25, -0.2) is 4.79 Å². The summed E-state index contributed by atoms with van der Waals surface area (Å²) in [6, 6.07) is 12.4. The van der Waals surface area contributed by atoms with Crippen LogP contribution in [0.1, 0.15) is 37.3 Å². The van der Waals surface area contributed by atoms with Gasteiger partial charge in [-0.05, 0) is 61.8 Å². The maximum atomic E-state index is 16.1. The van der Waals surface area contributed by atoms with Crippen LogP contribution in [0.3, 0.4) is 0 Å². The highest BCUT2D eigenvalue weighted by molar-refractivity contribution is 6.72. The summed E-state index contributed by atoms with van der Waals surface area (Å²) in [6.45, 7) is 6.54. The molecule has 230 valence electrons. The lowest BCUT2D eigenvalue weighted by atomic mass is 9.82. The molecular formula is C31H37ClFN3O6Si. The molecule has 0 saturated carbocycles. The highest BCUT2D eigenvalue weighted by atomic mass is 35.5. The van der Waals surface area contributed by atoms with Crippen LogP contribution in [0.4, 0.5) is 20.3 Å². The van der Waals surface area contributed by atoms with Crippen LogP contribution in [-0.2, 0) is 31.2 Å². The Morgan fingerprint density at radius 1 is 1.16 bits per heavy atom. The summed E-state index contributed by atoms with van der Waals surface area (Å²) >= 11 is 6.47. The van der Waals surface area contributed by atoms with Gasteiger partial charge >= 0.3 is 6.09 Å². The number of halogens is 2. The predicted molar refractivity (Wildman–Crippen MR) is 162 cm³/mol. The summed E-state index contributed by atoms with van der Waals surface area (Å²) in [5, 5.41) is 10.2. The van der Waals surface area contributed by atoms with E-state index in [9.17, 15) is 19.5 Å². The fourth-order valence-corrected chi connectivity index (χ4v) is 10.3. The number of amides is 3. The van der Waals surface area contributed by atoms with Gasteiger partial charge in [0.25, 0.3) is 5.91 Å². The fraction of sp³-hybridized carbons (Fsp3) is 0.516. The molecule has 3 fully saturated rings. The standard InChI is InChI=1S/C31H37ClFN3O6Si/c1-19-28(43(2,3)33)26(16-27(38)34-12-4-5-23(34)18-37)42-31(19)24-15-21(32)8-11-25(24)36(29(31)39)17-20-6-9-22(10-7-20)35-13-14-41-30(35)40/h6-11,15,19,23,26,28,37H,4-5,12-14,16-18H2,1-3H3/t19-,23+,26+,28-,31+/m1/s1. The number of cyclic esters (lactones) is 1. The lowest BCUT2D eigenvalue weighted by molar-refractivity contribution is -0.150. The van der Waals surface area contributed by atoms with Crippen LogP contribution in [0.2, 0.25) is 23.7 Å². The van der Waals surface area contributed by atoms with Gasteiger partial charge in [-0.1, -0.05) is 30.7 Å². The summed E-state index contributed by atoms with van der Waals surface area (Å²) in [7, 11) is -3.45. The number of rotatable bonds is 7. The molecule has 4 aliphatic heterocycles. The molecule has 4 heterocycles. The molecular weight excluding hydrogens is 593 g/mol. The Labute approximate surface area is 256 Å². The first-order valence-electron chi connectivity index (χ1n) is 14.9. The largest absolute Gasteiger partial charge is 0.447 e. The zero-order valence-corrected chi connectivity index (χ0v) is 26.3. The first kappa shape index (κ1) is 30.1. The number of benzene rings is 2. The van der Waals surface area contributed by atoms with E-state index in [-0.39, 0.29) is 43.5 Å². The van der Waals surface area contributed by atoms with E-state index in [0.717, 1.165) is 18.4 Å². The van der Waals surface area contributed by atoms with Gasteiger partial charge in [0.1, 0.15) is 6.61 Å². The molecule has 3 saturated heterocycles. The number of hydrogen-bond acceptors (Lipinski definition) is 6. The van der Waals surface area contributed by atoms with E-state index in [1.165, 1.54) is 0 Å². The Kier molecular flexibility index (Phi) is 7.81. The minimum Gasteiger partial charge on any atom is -0.447 e. The van der Waals surface area contributed by atoms with Gasteiger partial charge < -0.3 is 28.5 Å². The van der Waals surface area contributed by atoms with Crippen molar-refractivity contribution < 1.29 is 33.1 Å². The van der Waals surface area contributed by atoms with E-state index in [2.05, 4.69) is 0 Å². The van der Waals surface area contributed by atoms with Crippen molar-refractivity contribution in [1.29, 1.82) is 0 Å². The number of carbonyl (C=O) groups is 3. The molecule has 3 amide bonds. The van der Waals surface area contributed by atoms with Gasteiger partial charge in [-0.2, -0.15) is 0 Å². The number of anilines is 2. The van der Waals surface area contributed by atoms with Crippen molar-refractivity contribution >= 4 is 49.3 Å². The van der Waals surface area contributed by atoms with Crippen molar-refractivity contribution in [2.45, 2.75) is 69.1 Å². The Bertz CT molecular complexity index is 1440. The van der Waals surface area contributed by atoms with Crippen LogP contribution in [0.5, 0.6) is 0 Å². The van der Waals surface area contributed by atoms with Gasteiger partial charge in [0.15, 0.2) is 5.60 Å². The minimum atomic E-state index is -3.45. The van der Waals surface area contributed by atoms with Crippen LogP contribution >= 0.6 is 11.6 Å². The summed E-state index contributed by atoms with van der Waals surface area (Å²) in [5.74, 6) is -1.05. The third kappa shape index (κ3) is 5.03. The fourth-order valence-electron chi connectivity index (χ4n) is 7.61. The molecule has 1 N–H and O–H groups in total. The molecule has 0 radical (unpaired) electrons. The Morgan fingerprint density at radius 2 is 1.91 bits per heavy atom. The maximum Gasteiger partial charge on any atom is 0.414 e. The number of likely N-dealkylation sites (tertiary alicyclic amines) is 1. The second kappa shape index (κ2) is 11.2.